The summed E-state index contributed by atoms with van der Waals surface area (Å²) in [7, 11) is 0. The minimum absolute atomic E-state index is 0.833. The van der Waals surface area contributed by atoms with E-state index < -0.39 is 0 Å². The van der Waals surface area contributed by atoms with Crippen molar-refractivity contribution >= 4 is 15.9 Å². The zero-order valence-electron chi connectivity index (χ0n) is 11.6. The third kappa shape index (κ3) is 6.90. The lowest BCUT2D eigenvalue weighted by Crippen LogP contribution is -2.34. The van der Waals surface area contributed by atoms with Gasteiger partial charge in [-0.3, -0.25) is 0 Å². The maximum atomic E-state index is 3.65. The van der Waals surface area contributed by atoms with Crippen LogP contribution in [0.4, 0.5) is 0 Å². The van der Waals surface area contributed by atoms with Crippen LogP contribution in [-0.4, -0.2) is 29.9 Å². The van der Waals surface area contributed by atoms with Crippen molar-refractivity contribution in [2.45, 2.75) is 53.4 Å². The lowest BCUT2D eigenvalue weighted by Gasteiger charge is -2.28. The van der Waals surface area contributed by atoms with Crippen LogP contribution in [-0.2, 0) is 0 Å². The van der Waals surface area contributed by atoms with Gasteiger partial charge in [0.1, 0.15) is 0 Å². The molecule has 0 rings (SSSR count). The molecule has 0 aromatic rings. The largest absolute Gasteiger partial charge is 0.303 e. The van der Waals surface area contributed by atoms with Crippen molar-refractivity contribution in [3.8, 4) is 0 Å². The van der Waals surface area contributed by atoms with Crippen LogP contribution in [0.1, 0.15) is 53.4 Å². The van der Waals surface area contributed by atoms with Gasteiger partial charge < -0.3 is 4.90 Å². The van der Waals surface area contributed by atoms with Gasteiger partial charge in [0.25, 0.3) is 0 Å². The van der Waals surface area contributed by atoms with Gasteiger partial charge in [-0.05, 0) is 24.8 Å². The average Bonchev–Trinajstić information content (AvgIpc) is 2.33. The fourth-order valence-electron chi connectivity index (χ4n) is 2.24. The minimum Gasteiger partial charge on any atom is -0.303 e. The van der Waals surface area contributed by atoms with E-state index in [-0.39, 0.29) is 0 Å². The van der Waals surface area contributed by atoms with Crippen LogP contribution in [0, 0.1) is 11.8 Å². The monoisotopic (exact) mass is 291 g/mol. The Hall–Kier alpha value is 0.440. The first-order valence-electron chi connectivity index (χ1n) is 6.99. The van der Waals surface area contributed by atoms with Crippen molar-refractivity contribution < 1.29 is 0 Å². The highest BCUT2D eigenvalue weighted by Crippen LogP contribution is 2.15. The van der Waals surface area contributed by atoms with Crippen LogP contribution in [0.3, 0.4) is 0 Å². The van der Waals surface area contributed by atoms with E-state index in [1.54, 1.807) is 0 Å². The van der Waals surface area contributed by atoms with Gasteiger partial charge in [0.2, 0.25) is 0 Å². The molecule has 98 valence electrons. The van der Waals surface area contributed by atoms with Crippen molar-refractivity contribution in [1.82, 2.24) is 4.90 Å². The van der Waals surface area contributed by atoms with E-state index in [1.807, 2.05) is 0 Å². The molecule has 0 radical (unpaired) electrons. The molecule has 0 amide bonds. The van der Waals surface area contributed by atoms with Gasteiger partial charge in [0.05, 0.1) is 0 Å². The summed E-state index contributed by atoms with van der Waals surface area (Å²) in [6.07, 6.45) is 5.29. The molecule has 0 heterocycles. The summed E-state index contributed by atoms with van der Waals surface area (Å²) in [4.78, 5) is 2.64. The summed E-state index contributed by atoms with van der Waals surface area (Å²) in [6.45, 7) is 13.0. The summed E-state index contributed by atoms with van der Waals surface area (Å²) < 4.78 is 0. The Kier molecular flexibility index (Phi) is 10.9. The Morgan fingerprint density at radius 1 is 0.938 bits per heavy atom. The zero-order valence-corrected chi connectivity index (χ0v) is 13.2. The van der Waals surface area contributed by atoms with Gasteiger partial charge in [-0.25, -0.2) is 0 Å². The summed E-state index contributed by atoms with van der Waals surface area (Å²) in [5, 5.41) is 1.15. The second-order valence-electron chi connectivity index (χ2n) is 4.84. The molecule has 1 atom stereocenters. The highest BCUT2D eigenvalue weighted by Gasteiger charge is 2.14. The van der Waals surface area contributed by atoms with Crippen LogP contribution in [0.15, 0.2) is 0 Å². The Bertz CT molecular complexity index is 146. The predicted molar refractivity (Wildman–Crippen MR) is 78.4 cm³/mol. The second kappa shape index (κ2) is 10.6. The molecule has 0 fully saturated rings. The molecule has 1 unspecified atom stereocenters. The first kappa shape index (κ1) is 16.4. The smallest absolute Gasteiger partial charge is 0.00718 e. The summed E-state index contributed by atoms with van der Waals surface area (Å²) in [5.41, 5.74) is 0. The molecule has 0 N–H and O–H groups in total. The van der Waals surface area contributed by atoms with Crippen molar-refractivity contribution in [2.24, 2.45) is 11.8 Å². The third-order valence-electron chi connectivity index (χ3n) is 3.55. The number of hydrogen-bond donors (Lipinski definition) is 0. The van der Waals surface area contributed by atoms with E-state index in [0.717, 1.165) is 17.2 Å². The van der Waals surface area contributed by atoms with Crippen LogP contribution in [0.5, 0.6) is 0 Å². The van der Waals surface area contributed by atoms with Crippen molar-refractivity contribution in [3.05, 3.63) is 0 Å². The number of nitrogens with zero attached hydrogens (tertiary/aromatic N) is 1. The lowest BCUT2D eigenvalue weighted by molar-refractivity contribution is 0.204. The highest BCUT2D eigenvalue weighted by molar-refractivity contribution is 9.09. The standard InChI is InChI=1S/C14H30BrN/c1-5-9-14(10-15)12-16(8-4)11-13(6-2)7-3/h13-14H,5-12H2,1-4H3. The van der Waals surface area contributed by atoms with Crippen LogP contribution < -0.4 is 0 Å². The molecule has 16 heavy (non-hydrogen) atoms. The predicted octanol–water partition coefficient (Wildman–Crippen LogP) is 4.56. The van der Waals surface area contributed by atoms with Gasteiger partial charge in [-0.1, -0.05) is 62.9 Å². The molecule has 1 nitrogen and oxygen atoms in total. The quantitative estimate of drug-likeness (QED) is 0.534. The Labute approximate surface area is 111 Å². The normalized spacial score (nSPS) is 13.7. The molecule has 0 saturated carbocycles. The van der Waals surface area contributed by atoms with E-state index in [0.29, 0.717) is 0 Å². The molecule has 0 bridgehead atoms. The molecule has 0 spiro atoms. The van der Waals surface area contributed by atoms with Crippen LogP contribution in [0.25, 0.3) is 0 Å². The van der Waals surface area contributed by atoms with E-state index in [2.05, 4.69) is 48.5 Å². The number of rotatable bonds is 10. The van der Waals surface area contributed by atoms with Gasteiger partial charge in [-0.2, -0.15) is 0 Å². The summed E-state index contributed by atoms with van der Waals surface area (Å²) in [5.74, 6) is 1.72. The maximum absolute atomic E-state index is 3.65. The topological polar surface area (TPSA) is 3.24 Å². The average molecular weight is 292 g/mol. The van der Waals surface area contributed by atoms with E-state index >= 15 is 0 Å². The number of halogens is 1. The molecule has 0 aromatic carbocycles. The Morgan fingerprint density at radius 2 is 1.50 bits per heavy atom. The molecular formula is C14H30BrN. The van der Waals surface area contributed by atoms with Gasteiger partial charge in [-0.15, -0.1) is 0 Å². The molecule has 0 aliphatic rings. The van der Waals surface area contributed by atoms with Gasteiger partial charge in [0.15, 0.2) is 0 Å². The number of alkyl halides is 1. The van der Waals surface area contributed by atoms with Crippen molar-refractivity contribution in [1.29, 1.82) is 0 Å². The first-order chi connectivity index (χ1) is 7.71. The van der Waals surface area contributed by atoms with E-state index in [9.17, 15) is 0 Å². The van der Waals surface area contributed by atoms with E-state index in [4.69, 9.17) is 0 Å². The molecule has 0 aliphatic heterocycles. The zero-order chi connectivity index (χ0) is 12.4. The summed E-state index contributed by atoms with van der Waals surface area (Å²) >= 11 is 3.65. The second-order valence-corrected chi connectivity index (χ2v) is 5.49. The Morgan fingerprint density at radius 3 is 1.88 bits per heavy atom. The fourth-order valence-corrected chi connectivity index (χ4v) is 2.76. The first-order valence-corrected chi connectivity index (χ1v) is 8.12. The third-order valence-corrected chi connectivity index (χ3v) is 4.47. The van der Waals surface area contributed by atoms with Crippen molar-refractivity contribution in [2.75, 3.05) is 25.0 Å². The van der Waals surface area contributed by atoms with Gasteiger partial charge >= 0.3 is 0 Å². The molecule has 0 aliphatic carbocycles. The van der Waals surface area contributed by atoms with E-state index in [1.165, 1.54) is 45.3 Å². The molecule has 0 saturated heterocycles. The molecular weight excluding hydrogens is 262 g/mol. The highest BCUT2D eigenvalue weighted by atomic mass is 79.9. The lowest BCUT2D eigenvalue weighted by atomic mass is 10.0. The van der Waals surface area contributed by atoms with Gasteiger partial charge in [0, 0.05) is 18.4 Å². The minimum atomic E-state index is 0.833. The number of hydrogen-bond acceptors (Lipinski definition) is 1. The van der Waals surface area contributed by atoms with Crippen molar-refractivity contribution in [3.63, 3.8) is 0 Å². The summed E-state index contributed by atoms with van der Waals surface area (Å²) in [6, 6.07) is 0. The fraction of sp³-hybridized carbons (Fsp3) is 1.00. The SMILES string of the molecule is CCCC(CBr)CN(CC)CC(CC)CC. The van der Waals surface area contributed by atoms with Crippen LogP contribution >= 0.6 is 15.9 Å². The Balaban J connectivity index is 4.05. The molecule has 2 heteroatoms. The maximum Gasteiger partial charge on any atom is 0.00718 e. The molecule has 0 aromatic heterocycles. The van der Waals surface area contributed by atoms with Crippen LogP contribution in [0.2, 0.25) is 0 Å².